The van der Waals surface area contributed by atoms with Gasteiger partial charge < -0.3 is 15.3 Å². The van der Waals surface area contributed by atoms with Crippen LogP contribution in [-0.2, 0) is 4.79 Å². The number of rotatable bonds is 3. The van der Waals surface area contributed by atoms with Gasteiger partial charge in [0.05, 0.1) is 0 Å². The molecule has 0 saturated carbocycles. The molecule has 0 spiro atoms. The second-order valence-electron chi connectivity index (χ2n) is 4.46. The fourth-order valence-electron chi connectivity index (χ4n) is 2.18. The van der Waals surface area contributed by atoms with E-state index in [2.05, 4.69) is 15.5 Å². The van der Waals surface area contributed by atoms with Crippen LogP contribution in [0.25, 0.3) is 0 Å². The molecule has 0 bridgehead atoms. The van der Waals surface area contributed by atoms with Crippen molar-refractivity contribution in [2.24, 2.45) is 5.92 Å². The normalized spacial score (nSPS) is 16.2. The van der Waals surface area contributed by atoms with Gasteiger partial charge in [-0.25, -0.2) is 4.79 Å². The van der Waals surface area contributed by atoms with Crippen LogP contribution in [0.4, 0.5) is 5.82 Å². The molecule has 2 heterocycles. The first kappa shape index (κ1) is 13.3. The molecule has 7 heteroatoms. The summed E-state index contributed by atoms with van der Waals surface area (Å²) in [5.41, 5.74) is -0.0657. The predicted octanol–water partition coefficient (Wildman–Crippen LogP) is 0.137. The zero-order valence-corrected chi connectivity index (χ0v) is 10.7. The number of aromatic carboxylic acids is 1. The Labute approximate surface area is 110 Å². The summed E-state index contributed by atoms with van der Waals surface area (Å²) in [6.45, 7) is 1.44. The van der Waals surface area contributed by atoms with Gasteiger partial charge in [0.15, 0.2) is 11.5 Å². The lowest BCUT2D eigenvalue weighted by molar-refractivity contribution is -0.125. The number of carboxylic acid groups (broad SMARTS) is 1. The van der Waals surface area contributed by atoms with E-state index in [0.717, 1.165) is 25.9 Å². The van der Waals surface area contributed by atoms with Gasteiger partial charge in [-0.2, -0.15) is 0 Å². The molecule has 2 rings (SSSR count). The van der Waals surface area contributed by atoms with Crippen LogP contribution in [-0.4, -0.2) is 47.3 Å². The predicted molar refractivity (Wildman–Crippen MR) is 68.0 cm³/mol. The van der Waals surface area contributed by atoms with Crippen molar-refractivity contribution in [3.05, 3.63) is 17.8 Å². The highest BCUT2D eigenvalue weighted by molar-refractivity contribution is 5.85. The topological polar surface area (TPSA) is 95.4 Å². The van der Waals surface area contributed by atoms with E-state index in [1.165, 1.54) is 6.07 Å². The largest absolute Gasteiger partial charge is 0.476 e. The van der Waals surface area contributed by atoms with Crippen molar-refractivity contribution in [2.45, 2.75) is 12.8 Å². The quantitative estimate of drug-likeness (QED) is 0.806. The molecule has 1 saturated heterocycles. The molecule has 0 aliphatic carbocycles. The van der Waals surface area contributed by atoms with Crippen molar-refractivity contribution < 1.29 is 14.7 Å². The van der Waals surface area contributed by atoms with E-state index in [9.17, 15) is 9.59 Å². The van der Waals surface area contributed by atoms with Crippen molar-refractivity contribution in [1.29, 1.82) is 0 Å². The molecule has 0 radical (unpaired) electrons. The van der Waals surface area contributed by atoms with Crippen LogP contribution in [0, 0.1) is 5.92 Å². The van der Waals surface area contributed by atoms with Gasteiger partial charge in [0.25, 0.3) is 0 Å². The third-order valence-electron chi connectivity index (χ3n) is 3.31. The van der Waals surface area contributed by atoms with Gasteiger partial charge in [0.1, 0.15) is 0 Å². The minimum Gasteiger partial charge on any atom is -0.476 e. The Hall–Kier alpha value is -2.18. The van der Waals surface area contributed by atoms with Crippen LogP contribution in [0.1, 0.15) is 23.3 Å². The average Bonchev–Trinajstić information content (AvgIpc) is 2.46. The van der Waals surface area contributed by atoms with Crippen LogP contribution in [0.15, 0.2) is 12.1 Å². The van der Waals surface area contributed by atoms with Crippen molar-refractivity contribution in [3.8, 4) is 0 Å². The van der Waals surface area contributed by atoms with Crippen LogP contribution >= 0.6 is 0 Å². The summed E-state index contributed by atoms with van der Waals surface area (Å²) >= 11 is 0. The number of aromatic nitrogens is 2. The Morgan fingerprint density at radius 1 is 1.32 bits per heavy atom. The first-order valence-electron chi connectivity index (χ1n) is 6.15. The standard InChI is InChI=1S/C12H16N4O3/c1-13-11(17)8-4-6-16(7-5-8)10-3-2-9(12(18)19)14-15-10/h2-3,8H,4-7H2,1H3,(H,13,17)(H,18,19). The molecule has 0 aromatic carbocycles. The number of hydrogen-bond donors (Lipinski definition) is 2. The van der Waals surface area contributed by atoms with Gasteiger partial charge in [0, 0.05) is 26.1 Å². The number of anilines is 1. The fraction of sp³-hybridized carbons (Fsp3) is 0.500. The minimum atomic E-state index is -1.09. The van der Waals surface area contributed by atoms with Gasteiger partial charge in [-0.15, -0.1) is 10.2 Å². The van der Waals surface area contributed by atoms with Crippen LogP contribution in [0.2, 0.25) is 0 Å². The molecule has 19 heavy (non-hydrogen) atoms. The van der Waals surface area contributed by atoms with Crippen LogP contribution in [0.5, 0.6) is 0 Å². The Morgan fingerprint density at radius 3 is 2.47 bits per heavy atom. The number of amides is 1. The van der Waals surface area contributed by atoms with E-state index in [-0.39, 0.29) is 17.5 Å². The SMILES string of the molecule is CNC(=O)C1CCN(c2ccc(C(=O)O)nn2)CC1. The number of carbonyl (C=O) groups is 2. The molecule has 1 aliphatic rings. The number of hydrogen-bond acceptors (Lipinski definition) is 5. The summed E-state index contributed by atoms with van der Waals surface area (Å²) in [5.74, 6) is -0.308. The molecular formula is C12H16N4O3. The van der Waals surface area contributed by atoms with Gasteiger partial charge in [-0.3, -0.25) is 4.79 Å². The first-order valence-corrected chi connectivity index (χ1v) is 6.15. The van der Waals surface area contributed by atoms with E-state index >= 15 is 0 Å². The van der Waals surface area contributed by atoms with E-state index in [4.69, 9.17) is 5.11 Å². The fourth-order valence-corrected chi connectivity index (χ4v) is 2.18. The van der Waals surface area contributed by atoms with Crippen molar-refractivity contribution in [3.63, 3.8) is 0 Å². The highest BCUT2D eigenvalue weighted by Crippen LogP contribution is 2.21. The number of piperidine rings is 1. The summed E-state index contributed by atoms with van der Waals surface area (Å²) in [6, 6.07) is 3.09. The maximum Gasteiger partial charge on any atom is 0.356 e. The third kappa shape index (κ3) is 2.98. The molecule has 1 aliphatic heterocycles. The monoisotopic (exact) mass is 264 g/mol. The molecule has 1 aromatic rings. The maximum absolute atomic E-state index is 11.5. The lowest BCUT2D eigenvalue weighted by Crippen LogP contribution is -2.40. The highest BCUT2D eigenvalue weighted by Gasteiger charge is 2.25. The minimum absolute atomic E-state index is 0.0486. The van der Waals surface area contributed by atoms with E-state index in [1.54, 1.807) is 13.1 Å². The maximum atomic E-state index is 11.5. The first-order chi connectivity index (χ1) is 9.11. The van der Waals surface area contributed by atoms with Crippen molar-refractivity contribution in [1.82, 2.24) is 15.5 Å². The van der Waals surface area contributed by atoms with Gasteiger partial charge in [-0.1, -0.05) is 0 Å². The van der Waals surface area contributed by atoms with Crippen LogP contribution < -0.4 is 10.2 Å². The molecular weight excluding hydrogens is 248 g/mol. The second-order valence-corrected chi connectivity index (χ2v) is 4.46. The van der Waals surface area contributed by atoms with Gasteiger partial charge in [0.2, 0.25) is 5.91 Å². The van der Waals surface area contributed by atoms with Crippen molar-refractivity contribution in [2.75, 3.05) is 25.0 Å². The molecule has 1 fully saturated rings. The van der Waals surface area contributed by atoms with Gasteiger partial charge >= 0.3 is 5.97 Å². The number of nitrogens with zero attached hydrogens (tertiary/aromatic N) is 3. The van der Waals surface area contributed by atoms with Gasteiger partial charge in [-0.05, 0) is 25.0 Å². The smallest absolute Gasteiger partial charge is 0.356 e. The Kier molecular flexibility index (Phi) is 3.94. The number of nitrogens with one attached hydrogen (secondary N) is 1. The number of carboxylic acids is 1. The van der Waals surface area contributed by atoms with Crippen LogP contribution in [0.3, 0.4) is 0 Å². The zero-order valence-electron chi connectivity index (χ0n) is 10.7. The molecule has 1 amide bonds. The molecule has 7 nitrogen and oxygen atoms in total. The lowest BCUT2D eigenvalue weighted by atomic mass is 9.96. The molecule has 0 unspecified atom stereocenters. The molecule has 1 aromatic heterocycles. The Morgan fingerprint density at radius 2 is 2.00 bits per heavy atom. The summed E-state index contributed by atoms with van der Waals surface area (Å²) in [4.78, 5) is 24.2. The second kappa shape index (κ2) is 5.64. The van der Waals surface area contributed by atoms with Crippen molar-refractivity contribution >= 4 is 17.7 Å². The Bertz CT molecular complexity index is 466. The molecule has 2 N–H and O–H groups in total. The molecule has 0 atom stereocenters. The summed E-state index contributed by atoms with van der Waals surface area (Å²) < 4.78 is 0. The Balaban J connectivity index is 1.97. The number of carbonyl (C=O) groups excluding carboxylic acids is 1. The van der Waals surface area contributed by atoms with E-state index in [0.29, 0.717) is 5.82 Å². The summed E-state index contributed by atoms with van der Waals surface area (Å²) in [5, 5.41) is 19.0. The summed E-state index contributed by atoms with van der Waals surface area (Å²) in [6.07, 6.45) is 1.53. The molecule has 102 valence electrons. The summed E-state index contributed by atoms with van der Waals surface area (Å²) in [7, 11) is 1.64. The lowest BCUT2D eigenvalue weighted by Gasteiger charge is -2.31. The average molecular weight is 264 g/mol. The van der Waals surface area contributed by atoms with E-state index in [1.807, 2.05) is 4.90 Å². The van der Waals surface area contributed by atoms with E-state index < -0.39 is 5.97 Å². The highest BCUT2D eigenvalue weighted by atomic mass is 16.4. The zero-order chi connectivity index (χ0) is 13.8. The third-order valence-corrected chi connectivity index (χ3v) is 3.31.